The third-order valence-electron chi connectivity index (χ3n) is 10.2. The molecule has 1 heterocycles. The zero-order chi connectivity index (χ0) is 35.3. The molecule has 6 atom stereocenters. The van der Waals surface area contributed by atoms with Crippen LogP contribution in [0.4, 0.5) is 0 Å². The largest absolute Gasteiger partial charge is 0.508 e. The first kappa shape index (κ1) is 37.8. The molecule has 3 unspecified atom stereocenters. The second kappa shape index (κ2) is 15.7. The van der Waals surface area contributed by atoms with Crippen molar-refractivity contribution in [2.24, 2.45) is 11.8 Å². The van der Waals surface area contributed by atoms with Gasteiger partial charge in [-0.05, 0) is 89.0 Å². The summed E-state index contributed by atoms with van der Waals surface area (Å²) in [6.07, 6.45) is 5.68. The van der Waals surface area contributed by atoms with Crippen molar-refractivity contribution in [3.63, 3.8) is 0 Å². The Morgan fingerprint density at radius 3 is 2.17 bits per heavy atom. The predicted octanol–water partition coefficient (Wildman–Crippen LogP) is 3.56. The number of carbonyl (C=O) groups is 2. The van der Waals surface area contributed by atoms with Gasteiger partial charge in [0, 0.05) is 31.4 Å². The van der Waals surface area contributed by atoms with Crippen molar-refractivity contribution < 1.29 is 28.2 Å². The van der Waals surface area contributed by atoms with Crippen LogP contribution in [0.15, 0.2) is 54.6 Å². The number of fused-ring (bicyclic) bond motifs is 1. The number of aliphatic hydroxyl groups excluding tert-OH is 1. The summed E-state index contributed by atoms with van der Waals surface area (Å²) in [5.41, 5.74) is 1.27. The van der Waals surface area contributed by atoms with Gasteiger partial charge in [0.2, 0.25) is 11.8 Å². The fourth-order valence-corrected chi connectivity index (χ4v) is 7.73. The van der Waals surface area contributed by atoms with E-state index in [-0.39, 0.29) is 24.7 Å². The first-order valence-electron chi connectivity index (χ1n) is 17.2. The highest BCUT2D eigenvalue weighted by atomic mass is 32.2. The van der Waals surface area contributed by atoms with Gasteiger partial charge >= 0.3 is 0 Å². The minimum Gasteiger partial charge on any atom is -0.508 e. The van der Waals surface area contributed by atoms with E-state index >= 15 is 0 Å². The average Bonchev–Trinajstić information content (AvgIpc) is 3.00. The van der Waals surface area contributed by atoms with Gasteiger partial charge in [0.1, 0.15) is 11.8 Å². The van der Waals surface area contributed by atoms with Crippen LogP contribution in [0.5, 0.6) is 5.75 Å². The number of aromatic hydroxyl groups is 1. The van der Waals surface area contributed by atoms with Crippen molar-refractivity contribution in [2.75, 3.05) is 19.3 Å². The number of phenolic OH excluding ortho intramolecular Hbond substituents is 1. The van der Waals surface area contributed by atoms with Crippen LogP contribution in [-0.2, 0) is 32.4 Å². The summed E-state index contributed by atoms with van der Waals surface area (Å²) in [6, 6.07) is 13.7. The highest BCUT2D eigenvalue weighted by molar-refractivity contribution is 7.92. The summed E-state index contributed by atoms with van der Waals surface area (Å²) >= 11 is 0. The molecule has 0 aromatic heterocycles. The molecule has 2 aliphatic rings. The number of hydrogen-bond acceptors (Lipinski definition) is 8. The quantitative estimate of drug-likeness (QED) is 0.215. The Hall–Kier alpha value is -2.99. The Morgan fingerprint density at radius 1 is 0.938 bits per heavy atom. The topological polar surface area (TPSA) is 148 Å². The lowest BCUT2D eigenvalue weighted by molar-refractivity contribution is -0.133. The average molecular weight is 685 g/mol. The molecule has 2 aromatic carbocycles. The predicted molar refractivity (Wildman–Crippen MR) is 189 cm³/mol. The lowest BCUT2D eigenvalue weighted by atomic mass is 9.72. The third-order valence-corrected chi connectivity index (χ3v) is 12.3. The number of amides is 2. The fraction of sp³-hybridized carbons (Fsp3) is 0.622. The lowest BCUT2D eigenvalue weighted by Gasteiger charge is -2.47. The van der Waals surface area contributed by atoms with E-state index in [2.05, 4.69) is 20.9 Å². The molecular weight excluding hydrogens is 628 g/mol. The molecule has 2 amide bonds. The second-order valence-electron chi connectivity index (χ2n) is 15.5. The van der Waals surface area contributed by atoms with E-state index in [1.165, 1.54) is 32.4 Å². The van der Waals surface area contributed by atoms with Gasteiger partial charge in [-0.2, -0.15) is 0 Å². The number of carbonyl (C=O) groups excluding carboxylic acids is 2. The van der Waals surface area contributed by atoms with Gasteiger partial charge in [-0.25, -0.2) is 8.42 Å². The Kier molecular flexibility index (Phi) is 12.4. The summed E-state index contributed by atoms with van der Waals surface area (Å²) in [4.78, 5) is 29.9. The second-order valence-corrected chi connectivity index (χ2v) is 18.1. The maximum Gasteiger partial charge on any atom is 0.239 e. The van der Waals surface area contributed by atoms with E-state index in [9.17, 15) is 28.2 Å². The molecule has 1 aliphatic carbocycles. The first-order valence-corrected chi connectivity index (χ1v) is 19.1. The normalized spacial score (nSPS) is 22.6. The van der Waals surface area contributed by atoms with E-state index in [4.69, 9.17) is 0 Å². The van der Waals surface area contributed by atoms with Crippen LogP contribution in [-0.4, -0.2) is 89.2 Å². The van der Waals surface area contributed by atoms with Gasteiger partial charge in [0.15, 0.2) is 9.84 Å². The van der Waals surface area contributed by atoms with Crippen molar-refractivity contribution in [1.29, 1.82) is 0 Å². The van der Waals surface area contributed by atoms with Gasteiger partial charge in [-0.15, -0.1) is 0 Å². The van der Waals surface area contributed by atoms with Gasteiger partial charge in [0.25, 0.3) is 0 Å². The molecule has 266 valence electrons. The molecule has 48 heavy (non-hydrogen) atoms. The molecule has 11 heteroatoms. The number of hydrogen-bond donors (Lipinski definition) is 5. The monoisotopic (exact) mass is 684 g/mol. The number of likely N-dealkylation sites (tertiary alicyclic amines) is 1. The number of rotatable bonds is 13. The lowest BCUT2D eigenvalue weighted by Crippen LogP contribution is -2.63. The highest BCUT2D eigenvalue weighted by Crippen LogP contribution is 2.39. The van der Waals surface area contributed by atoms with E-state index in [1.807, 2.05) is 51.1 Å². The number of piperidine rings is 1. The van der Waals surface area contributed by atoms with Crippen LogP contribution in [0.25, 0.3) is 0 Å². The SMILES string of the molecule is CC(C)(C)NC(=O)C1C[C@@H]2CCCC[C@@H]2CN1CC(O)C(Cc1ccccc1)NC(=O)[C@@H](NCc1ccc(O)cc1)C(C)(C)S(C)(=O)=O. The van der Waals surface area contributed by atoms with Crippen LogP contribution < -0.4 is 16.0 Å². The molecule has 2 aromatic rings. The molecule has 1 saturated heterocycles. The number of benzene rings is 2. The van der Waals surface area contributed by atoms with Gasteiger partial charge < -0.3 is 26.2 Å². The van der Waals surface area contributed by atoms with Crippen molar-refractivity contribution in [2.45, 2.75) is 114 Å². The summed E-state index contributed by atoms with van der Waals surface area (Å²) < 4.78 is 24.5. The molecule has 0 spiro atoms. The molecule has 1 saturated carbocycles. The smallest absolute Gasteiger partial charge is 0.239 e. The number of β-amino-alcohol motifs (C(OH)–C–C–N with tert-alkyl or cyclic N) is 1. The Morgan fingerprint density at radius 2 is 1.56 bits per heavy atom. The number of aliphatic hydroxyl groups is 1. The Bertz CT molecular complexity index is 1480. The first-order chi connectivity index (χ1) is 22.4. The molecule has 4 rings (SSSR count). The zero-order valence-electron chi connectivity index (χ0n) is 29.4. The van der Waals surface area contributed by atoms with E-state index < -0.39 is 50.3 Å². The number of nitrogens with one attached hydrogen (secondary N) is 3. The number of phenols is 1. The summed E-state index contributed by atoms with van der Waals surface area (Å²) in [6.45, 7) is 10.0. The molecule has 10 nitrogen and oxygen atoms in total. The van der Waals surface area contributed by atoms with E-state index in [0.29, 0.717) is 24.8 Å². The minimum absolute atomic E-state index is 0.0456. The molecule has 0 radical (unpaired) electrons. The summed E-state index contributed by atoms with van der Waals surface area (Å²) in [7, 11) is -3.72. The summed E-state index contributed by atoms with van der Waals surface area (Å²) in [5, 5.41) is 31.0. The number of nitrogens with zero attached hydrogens (tertiary/aromatic N) is 1. The van der Waals surface area contributed by atoms with Crippen molar-refractivity contribution >= 4 is 21.7 Å². The third kappa shape index (κ3) is 10.0. The molecule has 2 fully saturated rings. The van der Waals surface area contributed by atoms with Gasteiger partial charge in [0.05, 0.1) is 22.9 Å². The maximum absolute atomic E-state index is 14.2. The van der Waals surface area contributed by atoms with Gasteiger partial charge in [-0.3, -0.25) is 14.5 Å². The fourth-order valence-electron chi connectivity index (χ4n) is 7.11. The molecular formula is C37H56N4O6S. The zero-order valence-corrected chi connectivity index (χ0v) is 30.2. The molecule has 0 bridgehead atoms. The van der Waals surface area contributed by atoms with Crippen molar-refractivity contribution in [3.05, 3.63) is 65.7 Å². The van der Waals surface area contributed by atoms with E-state index in [0.717, 1.165) is 43.1 Å². The maximum atomic E-state index is 14.2. The van der Waals surface area contributed by atoms with Crippen LogP contribution >= 0.6 is 0 Å². The molecule has 1 aliphatic heterocycles. The van der Waals surface area contributed by atoms with Crippen LogP contribution in [0.2, 0.25) is 0 Å². The Balaban J connectivity index is 1.60. The summed E-state index contributed by atoms with van der Waals surface area (Å²) in [5.74, 6) is 0.443. The van der Waals surface area contributed by atoms with Crippen LogP contribution in [0.1, 0.15) is 77.8 Å². The van der Waals surface area contributed by atoms with E-state index in [1.54, 1.807) is 12.1 Å². The molecule has 5 N–H and O–H groups in total. The van der Waals surface area contributed by atoms with Crippen LogP contribution in [0, 0.1) is 11.8 Å². The van der Waals surface area contributed by atoms with Crippen LogP contribution in [0.3, 0.4) is 0 Å². The highest BCUT2D eigenvalue weighted by Gasteiger charge is 2.45. The van der Waals surface area contributed by atoms with Gasteiger partial charge in [-0.1, -0.05) is 61.7 Å². The minimum atomic E-state index is -3.72. The van der Waals surface area contributed by atoms with Crippen molar-refractivity contribution in [3.8, 4) is 5.75 Å². The number of sulfone groups is 1. The standard InChI is InChI=1S/C37H56N4O6S/c1-36(2,3)40-34(44)31-21-27-14-10-11-15-28(27)23-41(31)24-32(43)30(20-25-12-8-7-9-13-25)39-35(45)33(37(4,5)48(6,46)47)38-22-26-16-18-29(42)19-17-26/h7-9,12-13,16-19,27-28,30-33,38,42-43H,10-11,14-15,20-24H2,1-6H3,(H,39,45)(H,40,44)/t27-,28+,30?,31?,32?,33+/m0/s1. The Labute approximate surface area is 287 Å². The van der Waals surface area contributed by atoms with Crippen molar-refractivity contribution in [1.82, 2.24) is 20.9 Å².